The fourth-order valence-corrected chi connectivity index (χ4v) is 5.04. The third kappa shape index (κ3) is 7.45. The summed E-state index contributed by atoms with van der Waals surface area (Å²) in [6.45, 7) is 9.70. The minimum Gasteiger partial charge on any atom is -0.467 e. The van der Waals surface area contributed by atoms with Crippen molar-refractivity contribution in [2.24, 2.45) is 5.41 Å². The summed E-state index contributed by atoms with van der Waals surface area (Å²) in [6.07, 6.45) is 0.146. The molecule has 2 rings (SSSR count). The zero-order valence-electron chi connectivity index (χ0n) is 22.4. The van der Waals surface area contributed by atoms with Crippen LogP contribution in [0.15, 0.2) is 46.6 Å². The van der Waals surface area contributed by atoms with Gasteiger partial charge in [-0.25, -0.2) is 4.79 Å². The monoisotopic (exact) mass is 550 g/mol. The van der Waals surface area contributed by atoms with Crippen LogP contribution < -0.4 is 10.2 Å². The lowest BCUT2D eigenvalue weighted by Crippen LogP contribution is -2.45. The highest BCUT2D eigenvalue weighted by atomic mass is 35.5. The maximum Gasteiger partial charge on any atom is 0.328 e. The molecule has 7 nitrogen and oxygen atoms in total. The summed E-state index contributed by atoms with van der Waals surface area (Å²) in [5.74, 6) is -0.470. The lowest BCUT2D eigenvalue weighted by atomic mass is 9.71. The average molecular weight is 552 g/mol. The average Bonchev–Trinajstić information content (AvgIpc) is 2.85. The van der Waals surface area contributed by atoms with Crippen LogP contribution in [-0.2, 0) is 30.3 Å². The molecule has 1 aliphatic rings. The third-order valence-corrected chi connectivity index (χ3v) is 7.07. The van der Waals surface area contributed by atoms with Crippen molar-refractivity contribution in [2.75, 3.05) is 36.9 Å². The van der Waals surface area contributed by atoms with Gasteiger partial charge in [-0.05, 0) is 38.5 Å². The molecule has 1 N–H and O–H groups in total. The molecule has 9 heteroatoms. The Kier molecular flexibility index (Phi) is 10.9. The molecule has 1 aliphatic carbocycles. The van der Waals surface area contributed by atoms with Gasteiger partial charge in [0, 0.05) is 71.1 Å². The third-order valence-electron chi connectivity index (χ3n) is 6.74. The largest absolute Gasteiger partial charge is 0.467 e. The number of anilines is 1. The number of rotatable bonds is 12. The summed E-state index contributed by atoms with van der Waals surface area (Å²) >= 11 is 11.8. The highest BCUT2D eigenvalue weighted by Gasteiger charge is 2.39. The molecule has 1 aromatic carbocycles. The molecule has 0 heterocycles. The second-order valence-corrected chi connectivity index (χ2v) is 10.6. The summed E-state index contributed by atoms with van der Waals surface area (Å²) in [5.41, 5.74) is 2.38. The van der Waals surface area contributed by atoms with Crippen LogP contribution in [0.1, 0.15) is 46.6 Å². The molecule has 202 valence electrons. The Morgan fingerprint density at radius 1 is 0.946 bits per heavy atom. The van der Waals surface area contributed by atoms with Crippen molar-refractivity contribution in [3.05, 3.63) is 52.1 Å². The zero-order valence-corrected chi connectivity index (χ0v) is 23.9. The molecule has 37 heavy (non-hydrogen) atoms. The number of nitrogens with one attached hydrogen (secondary N) is 1. The van der Waals surface area contributed by atoms with Crippen molar-refractivity contribution < 1.29 is 23.9 Å². The van der Waals surface area contributed by atoms with Gasteiger partial charge in [0.05, 0.1) is 7.11 Å². The van der Waals surface area contributed by atoms with E-state index in [0.29, 0.717) is 47.1 Å². The van der Waals surface area contributed by atoms with E-state index in [1.165, 1.54) is 7.11 Å². The lowest BCUT2D eigenvalue weighted by Gasteiger charge is -2.31. The number of nitrogens with zero attached hydrogens (tertiary/aromatic N) is 1. The number of hydrogen-bond acceptors (Lipinski definition) is 6. The summed E-state index contributed by atoms with van der Waals surface area (Å²) in [6, 6.07) is 6.70. The first kappa shape index (κ1) is 30.6. The number of carbonyl (C=O) groups is 4. The van der Waals surface area contributed by atoms with Crippen LogP contribution >= 0.6 is 23.2 Å². The molecule has 0 bridgehead atoms. The molecule has 1 atom stereocenters. The minimum absolute atomic E-state index is 0.0801. The van der Waals surface area contributed by atoms with Crippen molar-refractivity contribution in [1.82, 2.24) is 5.32 Å². The fraction of sp³-hybridized carbons (Fsp3) is 0.500. The van der Waals surface area contributed by atoms with Crippen LogP contribution in [0.4, 0.5) is 5.69 Å². The number of ketones is 2. The van der Waals surface area contributed by atoms with Crippen LogP contribution in [0.3, 0.4) is 0 Å². The first-order valence-electron chi connectivity index (χ1n) is 12.2. The molecule has 1 aromatic rings. The number of amides is 1. The van der Waals surface area contributed by atoms with Gasteiger partial charge in [0.25, 0.3) is 0 Å². The Hall–Kier alpha value is -2.64. The molecule has 1 amide bonds. The van der Waals surface area contributed by atoms with Gasteiger partial charge in [-0.15, -0.1) is 23.2 Å². The van der Waals surface area contributed by atoms with E-state index in [4.69, 9.17) is 27.9 Å². The van der Waals surface area contributed by atoms with Gasteiger partial charge in [-0.3, -0.25) is 14.4 Å². The van der Waals surface area contributed by atoms with Gasteiger partial charge in [0.1, 0.15) is 6.04 Å². The number of allylic oxidation sites excluding steroid dienone is 4. The number of Topliss-reactive ketones (excluding diaryl/α,β-unsaturated/α-hetero) is 2. The number of benzene rings is 1. The molecule has 0 aromatic heterocycles. The van der Waals surface area contributed by atoms with E-state index in [-0.39, 0.29) is 24.4 Å². The molecule has 0 radical (unpaired) electrons. The molecule has 0 saturated heterocycles. The van der Waals surface area contributed by atoms with Crippen LogP contribution in [-0.4, -0.2) is 61.4 Å². The van der Waals surface area contributed by atoms with E-state index in [1.54, 1.807) is 34.6 Å². The number of carbonyl (C=O) groups excluding carboxylic acids is 4. The number of hydrogen-bond donors (Lipinski definition) is 1. The van der Waals surface area contributed by atoms with Gasteiger partial charge < -0.3 is 15.0 Å². The first-order valence-corrected chi connectivity index (χ1v) is 13.3. The minimum atomic E-state index is -0.917. The molecule has 0 spiro atoms. The van der Waals surface area contributed by atoms with Crippen molar-refractivity contribution in [1.29, 1.82) is 0 Å². The Labute approximate surface area is 229 Å². The summed E-state index contributed by atoms with van der Waals surface area (Å²) < 4.78 is 4.93. The Morgan fingerprint density at radius 3 is 2.00 bits per heavy atom. The lowest BCUT2D eigenvalue weighted by molar-refractivity contribution is -0.145. The molecular weight excluding hydrogens is 515 g/mol. The SMILES string of the molecule is COC(=O)[C@H](Cc1ccc(N(CCCl)CCCl)cc1)NC(=O)CC(C)(C)C1=C(C)C(=O)C(C)=C(C)C1=O. The van der Waals surface area contributed by atoms with Crippen LogP contribution in [0, 0.1) is 5.41 Å². The van der Waals surface area contributed by atoms with Crippen molar-refractivity contribution in [3.8, 4) is 0 Å². The van der Waals surface area contributed by atoms with Crippen molar-refractivity contribution in [2.45, 2.75) is 53.5 Å². The molecule has 0 fully saturated rings. The van der Waals surface area contributed by atoms with E-state index in [9.17, 15) is 19.2 Å². The second kappa shape index (κ2) is 13.2. The van der Waals surface area contributed by atoms with Gasteiger partial charge in [-0.1, -0.05) is 26.0 Å². The highest BCUT2D eigenvalue weighted by Crippen LogP contribution is 2.38. The van der Waals surface area contributed by atoms with E-state index < -0.39 is 23.3 Å². The number of esters is 1. The molecule has 0 unspecified atom stereocenters. The van der Waals surface area contributed by atoms with Crippen LogP contribution in [0.25, 0.3) is 0 Å². The van der Waals surface area contributed by atoms with Gasteiger partial charge in [0.2, 0.25) is 5.91 Å². The zero-order chi connectivity index (χ0) is 27.9. The van der Waals surface area contributed by atoms with Crippen molar-refractivity contribution in [3.63, 3.8) is 0 Å². The van der Waals surface area contributed by atoms with Crippen LogP contribution in [0.2, 0.25) is 0 Å². The molecular formula is C28H36Cl2N2O5. The summed E-state index contributed by atoms with van der Waals surface area (Å²) in [7, 11) is 1.27. The maximum absolute atomic E-state index is 13.1. The second-order valence-electron chi connectivity index (χ2n) is 9.85. The van der Waals surface area contributed by atoms with Crippen molar-refractivity contribution >= 4 is 52.3 Å². The van der Waals surface area contributed by atoms with E-state index >= 15 is 0 Å². The normalized spacial score (nSPS) is 15.1. The topological polar surface area (TPSA) is 92.8 Å². The van der Waals surface area contributed by atoms with E-state index in [2.05, 4.69) is 10.2 Å². The Balaban J connectivity index is 2.18. The fourth-order valence-electron chi connectivity index (χ4n) is 4.63. The standard InChI is InChI=1S/C28H36Cl2N2O5/c1-17-18(2)26(35)24(19(3)25(17)34)28(4,5)16-23(33)31-22(27(36)37-6)15-20-7-9-21(10-8-20)32(13-11-29)14-12-30/h7-10,22H,11-16H2,1-6H3,(H,31,33)/t22-/m0/s1. The number of alkyl halides is 2. The van der Waals surface area contributed by atoms with Crippen LogP contribution in [0.5, 0.6) is 0 Å². The van der Waals surface area contributed by atoms with E-state index in [1.807, 2.05) is 24.3 Å². The first-order chi connectivity index (χ1) is 17.4. The predicted molar refractivity (Wildman–Crippen MR) is 147 cm³/mol. The summed E-state index contributed by atoms with van der Waals surface area (Å²) in [4.78, 5) is 53.3. The molecule has 0 aliphatic heterocycles. The number of halogens is 2. The van der Waals surface area contributed by atoms with Gasteiger partial charge in [-0.2, -0.15) is 0 Å². The Morgan fingerprint density at radius 2 is 1.49 bits per heavy atom. The highest BCUT2D eigenvalue weighted by molar-refractivity contribution is 6.25. The summed E-state index contributed by atoms with van der Waals surface area (Å²) in [5, 5.41) is 2.76. The molecule has 0 saturated carbocycles. The van der Waals surface area contributed by atoms with Gasteiger partial charge >= 0.3 is 5.97 Å². The Bertz CT molecular complexity index is 1100. The number of ether oxygens (including phenoxy) is 1. The number of methoxy groups -OCH3 is 1. The maximum atomic E-state index is 13.1. The van der Waals surface area contributed by atoms with E-state index in [0.717, 1.165) is 11.3 Å². The quantitative estimate of drug-likeness (QED) is 0.235. The smallest absolute Gasteiger partial charge is 0.328 e. The van der Waals surface area contributed by atoms with Gasteiger partial charge in [0.15, 0.2) is 11.6 Å². The predicted octanol–water partition coefficient (Wildman–Crippen LogP) is 4.39.